The molecule has 3 heterocycles. The maximum atomic E-state index is 6.18. The summed E-state index contributed by atoms with van der Waals surface area (Å²) < 4.78 is 8.27. The third kappa shape index (κ3) is 2.86. The lowest BCUT2D eigenvalue weighted by Gasteiger charge is -2.25. The van der Waals surface area contributed by atoms with Crippen LogP contribution in [0.15, 0.2) is 30.6 Å². The second-order valence-electron chi connectivity index (χ2n) is 6.10. The van der Waals surface area contributed by atoms with E-state index in [1.807, 2.05) is 31.4 Å². The highest BCUT2D eigenvalue weighted by atomic mass is 32.1. The summed E-state index contributed by atoms with van der Waals surface area (Å²) in [6.07, 6.45) is 5.76. The van der Waals surface area contributed by atoms with Gasteiger partial charge in [-0.1, -0.05) is 24.7 Å². The van der Waals surface area contributed by atoms with Crippen molar-refractivity contribution in [3.63, 3.8) is 0 Å². The smallest absolute Gasteiger partial charge is 0.197 e. The van der Waals surface area contributed by atoms with Crippen molar-refractivity contribution in [2.75, 3.05) is 0 Å². The van der Waals surface area contributed by atoms with E-state index in [1.165, 1.54) is 0 Å². The van der Waals surface area contributed by atoms with Crippen molar-refractivity contribution in [1.82, 2.24) is 14.5 Å². The molecule has 0 bridgehead atoms. The maximum Gasteiger partial charge on any atom is 0.197 e. The molecule has 0 N–H and O–H groups in total. The number of ether oxygens (including phenoxy) is 1. The molecule has 5 heteroatoms. The molecule has 0 atom stereocenters. The molecule has 0 unspecified atom stereocenters. The van der Waals surface area contributed by atoms with Gasteiger partial charge in [-0.15, -0.1) is 0 Å². The van der Waals surface area contributed by atoms with Crippen LogP contribution in [0.1, 0.15) is 33.6 Å². The van der Waals surface area contributed by atoms with Crippen LogP contribution in [0.25, 0.3) is 20.9 Å². The lowest BCUT2D eigenvalue weighted by molar-refractivity contribution is 0.0893. The highest BCUT2D eigenvalue weighted by Crippen LogP contribution is 2.35. The largest absolute Gasteiger partial charge is 0.473 e. The fourth-order valence-corrected chi connectivity index (χ4v) is 3.62. The third-order valence-corrected chi connectivity index (χ3v) is 4.87. The van der Waals surface area contributed by atoms with Gasteiger partial charge in [-0.25, -0.2) is 4.98 Å². The molecule has 4 nitrogen and oxygen atoms in total. The minimum Gasteiger partial charge on any atom is -0.473 e. The third-order valence-electron chi connectivity index (χ3n) is 3.67. The first kappa shape index (κ1) is 15.0. The van der Waals surface area contributed by atoms with Gasteiger partial charge >= 0.3 is 0 Å². The molecule has 0 amide bonds. The summed E-state index contributed by atoms with van der Waals surface area (Å²) in [7, 11) is 2.03. The number of hydrogen-bond donors (Lipinski definition) is 0. The number of aromatic nitrogens is 3. The molecule has 0 saturated heterocycles. The van der Waals surface area contributed by atoms with E-state index < -0.39 is 0 Å². The summed E-state index contributed by atoms with van der Waals surface area (Å²) in [5.74, 6) is 0.880. The van der Waals surface area contributed by atoms with Crippen LogP contribution in [0, 0.1) is 0 Å². The first-order valence-corrected chi connectivity index (χ1v) is 8.37. The van der Waals surface area contributed by atoms with Gasteiger partial charge in [-0.2, -0.15) is 0 Å². The number of fused-ring (bicyclic) bond motifs is 1. The van der Waals surface area contributed by atoms with Gasteiger partial charge in [0, 0.05) is 31.1 Å². The van der Waals surface area contributed by atoms with Crippen LogP contribution in [0.3, 0.4) is 0 Å². The number of thiazole rings is 1. The van der Waals surface area contributed by atoms with E-state index in [4.69, 9.17) is 9.72 Å². The topological polar surface area (TPSA) is 39.9 Å². The molecule has 0 radical (unpaired) electrons. The van der Waals surface area contributed by atoms with Crippen molar-refractivity contribution in [2.24, 2.45) is 7.05 Å². The summed E-state index contributed by atoms with van der Waals surface area (Å²) in [6, 6.07) is 6.00. The normalized spacial score (nSPS) is 12.0. The SMILES string of the molecule is CCCC(C)(C)Oc1cc2nc(-c3cccnc3)sc2n1C. The van der Waals surface area contributed by atoms with E-state index in [1.54, 1.807) is 17.5 Å². The molecule has 3 aromatic heterocycles. The fourth-order valence-electron chi connectivity index (χ4n) is 2.62. The Morgan fingerprint density at radius 1 is 1.36 bits per heavy atom. The Morgan fingerprint density at radius 3 is 2.82 bits per heavy atom. The number of rotatable bonds is 5. The van der Waals surface area contributed by atoms with Gasteiger partial charge in [-0.3, -0.25) is 4.98 Å². The van der Waals surface area contributed by atoms with Crippen molar-refractivity contribution in [2.45, 2.75) is 39.2 Å². The average molecular weight is 315 g/mol. The Bertz CT molecular complexity index is 774. The zero-order valence-corrected chi connectivity index (χ0v) is 14.3. The van der Waals surface area contributed by atoms with Gasteiger partial charge in [0.2, 0.25) is 0 Å². The Hall–Kier alpha value is -1.88. The van der Waals surface area contributed by atoms with Gasteiger partial charge in [-0.05, 0) is 32.4 Å². The van der Waals surface area contributed by atoms with Crippen LogP contribution in [0.2, 0.25) is 0 Å². The summed E-state index contributed by atoms with van der Waals surface area (Å²) in [6.45, 7) is 6.44. The maximum absolute atomic E-state index is 6.18. The predicted molar refractivity (Wildman–Crippen MR) is 91.4 cm³/mol. The average Bonchev–Trinajstić information content (AvgIpc) is 3.00. The molecular formula is C17H21N3OS. The molecule has 0 saturated carbocycles. The van der Waals surface area contributed by atoms with E-state index in [0.717, 1.165) is 39.6 Å². The fraction of sp³-hybridized carbons (Fsp3) is 0.412. The van der Waals surface area contributed by atoms with Crippen LogP contribution >= 0.6 is 11.3 Å². The number of aryl methyl sites for hydroxylation is 1. The zero-order valence-electron chi connectivity index (χ0n) is 13.5. The number of pyridine rings is 1. The van der Waals surface area contributed by atoms with Crippen molar-refractivity contribution in [1.29, 1.82) is 0 Å². The minimum atomic E-state index is -0.158. The van der Waals surface area contributed by atoms with Gasteiger partial charge in [0.25, 0.3) is 0 Å². The summed E-state index contributed by atoms with van der Waals surface area (Å²) in [4.78, 5) is 10.0. The molecule has 0 fully saturated rings. The molecule has 22 heavy (non-hydrogen) atoms. The summed E-state index contributed by atoms with van der Waals surface area (Å²) in [5, 5.41) is 0.994. The lowest BCUT2D eigenvalue weighted by Crippen LogP contribution is -2.28. The van der Waals surface area contributed by atoms with Crippen LogP contribution in [-0.2, 0) is 7.05 Å². The second kappa shape index (κ2) is 5.72. The molecule has 0 spiro atoms. The molecule has 0 aliphatic carbocycles. The molecular weight excluding hydrogens is 294 g/mol. The van der Waals surface area contributed by atoms with E-state index in [9.17, 15) is 0 Å². The van der Waals surface area contributed by atoms with Gasteiger partial charge in [0.05, 0.1) is 0 Å². The van der Waals surface area contributed by atoms with Crippen molar-refractivity contribution < 1.29 is 4.74 Å². The predicted octanol–water partition coefficient (Wildman–Crippen LogP) is 4.65. The second-order valence-corrected chi connectivity index (χ2v) is 7.08. The van der Waals surface area contributed by atoms with Crippen molar-refractivity contribution in [3.05, 3.63) is 30.6 Å². The van der Waals surface area contributed by atoms with Crippen molar-refractivity contribution >= 4 is 21.7 Å². The van der Waals surface area contributed by atoms with Crippen LogP contribution in [-0.4, -0.2) is 20.1 Å². The van der Waals surface area contributed by atoms with Crippen LogP contribution in [0.4, 0.5) is 0 Å². The molecule has 116 valence electrons. The van der Waals surface area contributed by atoms with Crippen LogP contribution < -0.4 is 4.74 Å². The van der Waals surface area contributed by atoms with Gasteiger partial charge < -0.3 is 9.30 Å². The zero-order chi connectivity index (χ0) is 15.7. The van der Waals surface area contributed by atoms with E-state index in [0.29, 0.717) is 0 Å². The highest BCUT2D eigenvalue weighted by Gasteiger charge is 2.22. The Balaban J connectivity index is 1.93. The molecule has 3 aromatic rings. The van der Waals surface area contributed by atoms with Gasteiger partial charge in [0.15, 0.2) is 5.88 Å². The lowest BCUT2D eigenvalue weighted by atomic mass is 10.0. The van der Waals surface area contributed by atoms with Crippen molar-refractivity contribution in [3.8, 4) is 16.5 Å². The van der Waals surface area contributed by atoms with Gasteiger partial charge in [0.1, 0.15) is 21.0 Å². The number of nitrogens with zero attached hydrogens (tertiary/aromatic N) is 3. The first-order valence-electron chi connectivity index (χ1n) is 7.56. The van der Waals surface area contributed by atoms with E-state index >= 15 is 0 Å². The molecule has 0 aromatic carbocycles. The van der Waals surface area contributed by atoms with E-state index in [2.05, 4.69) is 30.3 Å². The molecule has 3 rings (SSSR count). The minimum absolute atomic E-state index is 0.158. The summed E-state index contributed by atoms with van der Waals surface area (Å²) >= 11 is 1.67. The first-order chi connectivity index (χ1) is 10.5. The Labute approximate surface area is 134 Å². The monoisotopic (exact) mass is 315 g/mol. The van der Waals surface area contributed by atoms with Crippen LogP contribution in [0.5, 0.6) is 5.88 Å². The Kier molecular flexibility index (Phi) is 3.91. The standard InChI is InChI=1S/C17H21N3OS/c1-5-8-17(2,3)21-14-10-13-16(20(14)4)22-15(19-13)12-7-6-9-18-11-12/h6-7,9-11H,5,8H2,1-4H3. The quantitative estimate of drug-likeness (QED) is 0.688. The molecule has 0 aliphatic heterocycles. The Morgan fingerprint density at radius 2 is 2.18 bits per heavy atom. The van der Waals surface area contributed by atoms with E-state index in [-0.39, 0.29) is 5.60 Å². The highest BCUT2D eigenvalue weighted by molar-refractivity contribution is 7.21. The summed E-state index contributed by atoms with van der Waals surface area (Å²) in [5.41, 5.74) is 1.88. The number of hydrogen-bond acceptors (Lipinski definition) is 4. The molecule has 0 aliphatic rings.